The first-order valence-corrected chi connectivity index (χ1v) is 9.17. The van der Waals surface area contributed by atoms with Crippen LogP contribution < -0.4 is 10.2 Å². The van der Waals surface area contributed by atoms with Crippen molar-refractivity contribution in [3.05, 3.63) is 68.8 Å². The van der Waals surface area contributed by atoms with E-state index in [1.165, 1.54) is 43.5 Å². The number of fused-ring (bicyclic) bond motifs is 2. The highest BCUT2D eigenvalue weighted by atomic mass is 35.5. The van der Waals surface area contributed by atoms with Crippen molar-refractivity contribution in [3.8, 4) is 33.9 Å². The molecule has 3 N–H and O–H groups in total. The molecular formula is C22H13ClO8. The average molecular weight is 441 g/mol. The molecule has 0 unspecified atom stereocenters. The molecule has 0 saturated heterocycles. The number of rotatable bonds is 4. The van der Waals surface area contributed by atoms with Crippen LogP contribution in [0.2, 0.25) is 5.02 Å². The van der Waals surface area contributed by atoms with Crippen molar-refractivity contribution in [2.45, 2.75) is 0 Å². The summed E-state index contributed by atoms with van der Waals surface area (Å²) in [5.41, 5.74) is 0.0633. The molecule has 0 saturated carbocycles. The van der Waals surface area contributed by atoms with E-state index in [1.54, 1.807) is 0 Å². The number of aromatic hydroxyl groups is 1. The van der Waals surface area contributed by atoms with Crippen molar-refractivity contribution in [2.24, 2.45) is 0 Å². The number of methoxy groups -OCH3 is 1. The van der Waals surface area contributed by atoms with Gasteiger partial charge in [-0.1, -0.05) is 17.7 Å². The molecule has 0 aromatic heterocycles. The van der Waals surface area contributed by atoms with E-state index in [2.05, 4.69) is 0 Å². The van der Waals surface area contributed by atoms with Crippen molar-refractivity contribution in [3.63, 3.8) is 0 Å². The van der Waals surface area contributed by atoms with Gasteiger partial charge in [0.15, 0.2) is 22.5 Å². The van der Waals surface area contributed by atoms with Gasteiger partial charge in [-0.15, -0.1) is 0 Å². The zero-order valence-electron chi connectivity index (χ0n) is 15.8. The van der Waals surface area contributed by atoms with Gasteiger partial charge < -0.3 is 24.5 Å². The maximum atomic E-state index is 12.0. The fraction of sp³-hybridized carbons (Fsp3) is 0.0455. The Balaban J connectivity index is 2.24. The van der Waals surface area contributed by atoms with Gasteiger partial charge in [0.05, 0.1) is 18.2 Å². The van der Waals surface area contributed by atoms with Gasteiger partial charge in [0, 0.05) is 22.6 Å². The van der Waals surface area contributed by atoms with E-state index in [0.29, 0.717) is 16.5 Å². The summed E-state index contributed by atoms with van der Waals surface area (Å²) < 4.78 is 10.9. The molecule has 2 aromatic rings. The lowest BCUT2D eigenvalue weighted by atomic mass is 9.89. The van der Waals surface area contributed by atoms with E-state index in [0.717, 1.165) is 6.07 Å². The third kappa shape index (κ3) is 3.23. The van der Waals surface area contributed by atoms with Crippen molar-refractivity contribution in [1.82, 2.24) is 0 Å². The number of aromatic carboxylic acids is 2. The van der Waals surface area contributed by atoms with Gasteiger partial charge >= 0.3 is 11.9 Å². The maximum Gasteiger partial charge on any atom is 0.336 e. The van der Waals surface area contributed by atoms with E-state index in [1.807, 2.05) is 0 Å². The highest BCUT2D eigenvalue weighted by molar-refractivity contribution is 6.37. The van der Waals surface area contributed by atoms with Crippen molar-refractivity contribution in [2.75, 3.05) is 7.11 Å². The smallest absolute Gasteiger partial charge is 0.336 e. The highest BCUT2D eigenvalue weighted by Gasteiger charge is 2.26. The fourth-order valence-corrected chi connectivity index (χ4v) is 3.68. The topological polar surface area (TPSA) is 134 Å². The number of carbonyl (C=O) groups is 2. The second-order valence-electron chi connectivity index (χ2n) is 6.62. The Hall–Kier alpha value is -4.04. The van der Waals surface area contributed by atoms with Gasteiger partial charge in [0.25, 0.3) is 0 Å². The van der Waals surface area contributed by atoms with Crippen molar-refractivity contribution >= 4 is 34.5 Å². The summed E-state index contributed by atoms with van der Waals surface area (Å²) in [6, 6.07) is 9.08. The van der Waals surface area contributed by atoms with Crippen LogP contribution in [0.5, 0.6) is 11.5 Å². The fourth-order valence-electron chi connectivity index (χ4n) is 3.45. The zero-order valence-corrected chi connectivity index (χ0v) is 16.6. The van der Waals surface area contributed by atoms with E-state index in [9.17, 15) is 29.7 Å². The molecule has 0 bridgehead atoms. The number of benzene rings is 3. The molecule has 1 heterocycles. The summed E-state index contributed by atoms with van der Waals surface area (Å²) in [7, 11) is 1.32. The molecule has 2 aromatic carbocycles. The SMILES string of the molecule is COc1cc2c(-c3ccc(C(=O)O)cc3C(=O)O)c3ccc(=O)cc-3oc2c(Cl)c1O. The van der Waals surface area contributed by atoms with Crippen LogP contribution in [0.3, 0.4) is 0 Å². The number of ether oxygens (including phenoxy) is 1. The van der Waals surface area contributed by atoms with Gasteiger partial charge in [0.2, 0.25) is 0 Å². The first-order chi connectivity index (χ1) is 14.7. The monoisotopic (exact) mass is 440 g/mol. The Morgan fingerprint density at radius 2 is 1.71 bits per heavy atom. The minimum absolute atomic E-state index is 0.00622. The van der Waals surface area contributed by atoms with Crippen LogP contribution in [0.1, 0.15) is 20.7 Å². The van der Waals surface area contributed by atoms with Crippen LogP contribution in [-0.4, -0.2) is 34.4 Å². The molecule has 0 radical (unpaired) electrons. The van der Waals surface area contributed by atoms with Gasteiger partial charge in [-0.05, 0) is 35.9 Å². The summed E-state index contributed by atoms with van der Waals surface area (Å²) >= 11 is 6.28. The average Bonchev–Trinajstić information content (AvgIpc) is 2.74. The van der Waals surface area contributed by atoms with E-state index < -0.39 is 11.9 Å². The molecule has 8 nitrogen and oxygen atoms in total. The van der Waals surface area contributed by atoms with Crippen LogP contribution in [-0.2, 0) is 0 Å². The third-order valence-electron chi connectivity index (χ3n) is 4.85. The zero-order chi connectivity index (χ0) is 22.4. The minimum atomic E-state index is -1.35. The number of phenols is 1. The molecule has 31 heavy (non-hydrogen) atoms. The minimum Gasteiger partial charge on any atom is -0.503 e. The quantitative estimate of drug-likeness (QED) is 0.399. The summed E-state index contributed by atoms with van der Waals surface area (Å²) in [5, 5.41) is 29.4. The number of halogens is 1. The summed E-state index contributed by atoms with van der Waals surface area (Å²) in [6.07, 6.45) is 0. The molecule has 4 rings (SSSR count). The lowest BCUT2D eigenvalue weighted by molar-refractivity contribution is 0.0696. The largest absolute Gasteiger partial charge is 0.503 e. The Labute approximate surface area is 178 Å². The van der Waals surface area contributed by atoms with Gasteiger partial charge in [-0.25, -0.2) is 9.59 Å². The third-order valence-corrected chi connectivity index (χ3v) is 5.20. The van der Waals surface area contributed by atoms with Gasteiger partial charge in [-0.2, -0.15) is 0 Å². The Morgan fingerprint density at radius 1 is 1.00 bits per heavy atom. The normalized spacial score (nSPS) is 11.0. The second-order valence-corrected chi connectivity index (χ2v) is 7.00. The standard InChI is InChI=1S/C22H13ClO8/c1-30-16-8-14-17(11-4-2-9(21(26)27)6-13(11)22(28)29)12-5-3-10(24)7-15(12)31-20(14)18(23)19(16)25/h2-8,25H,1H3,(H,26,27)(H,28,29). The first-order valence-electron chi connectivity index (χ1n) is 8.80. The predicted octanol–water partition coefficient (Wildman–Crippen LogP) is 4.33. The Kier molecular flexibility index (Phi) is 4.79. The molecule has 0 atom stereocenters. The summed E-state index contributed by atoms with van der Waals surface area (Å²) in [5.74, 6) is -2.88. The van der Waals surface area contributed by atoms with Crippen LogP contribution in [0.25, 0.3) is 33.4 Å². The first kappa shape index (κ1) is 20.2. The number of hydrogen-bond acceptors (Lipinski definition) is 6. The molecule has 0 spiro atoms. The maximum absolute atomic E-state index is 12.0. The van der Waals surface area contributed by atoms with Crippen LogP contribution in [0, 0.1) is 0 Å². The Bertz CT molecular complexity index is 1420. The van der Waals surface area contributed by atoms with Crippen LogP contribution >= 0.6 is 11.6 Å². The number of phenolic OH excluding ortho intramolecular Hbond substituents is 1. The summed E-state index contributed by atoms with van der Waals surface area (Å²) in [4.78, 5) is 35.2. The van der Waals surface area contributed by atoms with E-state index >= 15 is 0 Å². The number of carboxylic acids is 2. The molecule has 156 valence electrons. The second kappa shape index (κ2) is 7.33. The molecule has 0 amide bonds. The van der Waals surface area contributed by atoms with Crippen LogP contribution in [0.15, 0.2) is 51.7 Å². The summed E-state index contributed by atoms with van der Waals surface area (Å²) in [6.45, 7) is 0. The van der Waals surface area contributed by atoms with Crippen molar-refractivity contribution < 1.29 is 34.1 Å². The number of hydrogen-bond donors (Lipinski definition) is 3. The van der Waals surface area contributed by atoms with Crippen molar-refractivity contribution in [1.29, 1.82) is 0 Å². The van der Waals surface area contributed by atoms with E-state index in [4.69, 9.17) is 20.8 Å². The molecular weight excluding hydrogens is 428 g/mol. The van der Waals surface area contributed by atoms with Gasteiger partial charge in [0.1, 0.15) is 10.8 Å². The van der Waals surface area contributed by atoms with Gasteiger partial charge in [-0.3, -0.25) is 4.79 Å². The lowest BCUT2D eigenvalue weighted by Crippen LogP contribution is -2.06. The molecule has 9 heteroatoms. The molecule has 1 aliphatic carbocycles. The molecule has 2 aliphatic rings. The molecule has 1 aliphatic heterocycles. The highest BCUT2D eigenvalue weighted by Crippen LogP contribution is 2.48. The Morgan fingerprint density at radius 3 is 2.35 bits per heavy atom. The van der Waals surface area contributed by atoms with Crippen LogP contribution in [0.4, 0.5) is 0 Å². The predicted molar refractivity (Wildman–Crippen MR) is 112 cm³/mol. The van der Waals surface area contributed by atoms with E-state index in [-0.39, 0.29) is 50.0 Å². The number of carboxylic acid groups (broad SMARTS) is 2. The lowest BCUT2D eigenvalue weighted by Gasteiger charge is -2.18. The molecule has 0 fully saturated rings.